The number of nitrogens with zero attached hydrogens (tertiary/aromatic N) is 1. The van der Waals surface area contributed by atoms with Gasteiger partial charge in [0, 0.05) is 12.7 Å². The van der Waals surface area contributed by atoms with Gasteiger partial charge in [-0.15, -0.1) is 0 Å². The highest BCUT2D eigenvalue weighted by atomic mass is 19.1. The third-order valence-electron chi connectivity index (χ3n) is 2.95. The van der Waals surface area contributed by atoms with Crippen LogP contribution in [0.1, 0.15) is 16.8 Å². The minimum absolute atomic E-state index is 0.0253. The van der Waals surface area contributed by atoms with Gasteiger partial charge >= 0.3 is 0 Å². The van der Waals surface area contributed by atoms with Crippen LogP contribution < -0.4 is 11.1 Å². The SMILES string of the molecule is CN1C(=O)CC(NC(=O)c2ccc(F)cc2N)C1=O. The van der Waals surface area contributed by atoms with Crippen molar-refractivity contribution in [2.45, 2.75) is 12.5 Å². The van der Waals surface area contributed by atoms with E-state index in [2.05, 4.69) is 5.32 Å². The third-order valence-corrected chi connectivity index (χ3v) is 2.95. The smallest absolute Gasteiger partial charge is 0.254 e. The molecule has 3 N–H and O–H groups in total. The van der Waals surface area contributed by atoms with Crippen LogP contribution in [-0.4, -0.2) is 35.7 Å². The Kier molecular flexibility index (Phi) is 3.20. The number of nitrogens with two attached hydrogens (primary N) is 1. The summed E-state index contributed by atoms with van der Waals surface area (Å²) in [5, 5.41) is 2.41. The molecule has 1 aromatic rings. The normalized spacial score (nSPS) is 18.8. The van der Waals surface area contributed by atoms with E-state index in [1.54, 1.807) is 0 Å². The molecule has 1 aromatic carbocycles. The fourth-order valence-electron chi connectivity index (χ4n) is 1.84. The minimum Gasteiger partial charge on any atom is -0.398 e. The molecule has 6 nitrogen and oxygen atoms in total. The molecule has 0 saturated carbocycles. The van der Waals surface area contributed by atoms with Gasteiger partial charge in [-0.05, 0) is 18.2 Å². The summed E-state index contributed by atoms with van der Waals surface area (Å²) in [6.07, 6.45) is -0.0812. The van der Waals surface area contributed by atoms with Crippen LogP contribution in [0.5, 0.6) is 0 Å². The molecule has 0 bridgehead atoms. The van der Waals surface area contributed by atoms with Gasteiger partial charge in [-0.2, -0.15) is 0 Å². The molecule has 1 heterocycles. The molecule has 2 rings (SSSR count). The first-order valence-corrected chi connectivity index (χ1v) is 5.56. The van der Waals surface area contributed by atoms with E-state index >= 15 is 0 Å². The Morgan fingerprint density at radius 2 is 2.16 bits per heavy atom. The number of benzene rings is 1. The second-order valence-corrected chi connectivity index (χ2v) is 4.25. The number of hydrogen-bond acceptors (Lipinski definition) is 4. The van der Waals surface area contributed by atoms with Crippen molar-refractivity contribution in [3.63, 3.8) is 0 Å². The molecular weight excluding hydrogens is 253 g/mol. The zero-order valence-electron chi connectivity index (χ0n) is 10.1. The molecule has 1 aliphatic rings. The van der Waals surface area contributed by atoms with E-state index in [4.69, 9.17) is 5.73 Å². The van der Waals surface area contributed by atoms with Gasteiger partial charge in [-0.1, -0.05) is 0 Å². The standard InChI is InChI=1S/C12H12FN3O3/c1-16-10(17)5-9(12(16)19)15-11(18)7-3-2-6(13)4-8(7)14/h2-4,9H,5,14H2,1H3,(H,15,18). The van der Waals surface area contributed by atoms with Crippen molar-refractivity contribution >= 4 is 23.4 Å². The van der Waals surface area contributed by atoms with E-state index in [1.165, 1.54) is 13.1 Å². The zero-order chi connectivity index (χ0) is 14.2. The Labute approximate surface area is 108 Å². The van der Waals surface area contributed by atoms with Crippen LogP contribution in [0.25, 0.3) is 0 Å². The maximum atomic E-state index is 12.9. The number of hydrogen-bond donors (Lipinski definition) is 2. The van der Waals surface area contributed by atoms with Gasteiger partial charge in [0.25, 0.3) is 11.8 Å². The van der Waals surface area contributed by atoms with Crippen molar-refractivity contribution in [3.05, 3.63) is 29.6 Å². The number of imide groups is 1. The van der Waals surface area contributed by atoms with Crippen LogP contribution in [-0.2, 0) is 9.59 Å². The Morgan fingerprint density at radius 1 is 1.47 bits per heavy atom. The van der Waals surface area contributed by atoms with Gasteiger partial charge in [0.1, 0.15) is 11.9 Å². The van der Waals surface area contributed by atoms with Crippen LogP contribution in [0.3, 0.4) is 0 Å². The van der Waals surface area contributed by atoms with E-state index in [9.17, 15) is 18.8 Å². The summed E-state index contributed by atoms with van der Waals surface area (Å²) in [5.41, 5.74) is 5.56. The molecule has 0 aliphatic carbocycles. The van der Waals surface area contributed by atoms with Crippen molar-refractivity contribution in [3.8, 4) is 0 Å². The van der Waals surface area contributed by atoms with Crippen LogP contribution in [0.4, 0.5) is 10.1 Å². The van der Waals surface area contributed by atoms with Crippen LogP contribution in [0.15, 0.2) is 18.2 Å². The van der Waals surface area contributed by atoms with Crippen LogP contribution in [0.2, 0.25) is 0 Å². The summed E-state index contributed by atoms with van der Waals surface area (Å²) < 4.78 is 12.9. The van der Waals surface area contributed by atoms with E-state index in [1.807, 2.05) is 0 Å². The predicted molar refractivity (Wildman–Crippen MR) is 64.5 cm³/mol. The number of rotatable bonds is 2. The van der Waals surface area contributed by atoms with Crippen molar-refractivity contribution in [2.24, 2.45) is 0 Å². The second kappa shape index (κ2) is 4.68. The Balaban J connectivity index is 2.14. The maximum Gasteiger partial charge on any atom is 0.254 e. The molecule has 1 atom stereocenters. The lowest BCUT2D eigenvalue weighted by Crippen LogP contribution is -2.40. The number of anilines is 1. The topological polar surface area (TPSA) is 92.5 Å². The summed E-state index contributed by atoms with van der Waals surface area (Å²) in [6, 6.07) is 2.45. The number of halogens is 1. The van der Waals surface area contributed by atoms with Gasteiger partial charge in [-0.25, -0.2) is 4.39 Å². The first kappa shape index (κ1) is 13.0. The van der Waals surface area contributed by atoms with Crippen LogP contribution in [0, 0.1) is 5.82 Å². The number of nitrogens with one attached hydrogen (secondary N) is 1. The number of carbonyl (C=O) groups excluding carboxylic acids is 3. The molecule has 1 saturated heterocycles. The van der Waals surface area contributed by atoms with Crippen molar-refractivity contribution in [2.75, 3.05) is 12.8 Å². The largest absolute Gasteiger partial charge is 0.398 e. The molecule has 0 radical (unpaired) electrons. The quantitative estimate of drug-likeness (QED) is 0.576. The number of amides is 3. The fraction of sp³-hybridized carbons (Fsp3) is 0.250. The molecule has 19 heavy (non-hydrogen) atoms. The highest BCUT2D eigenvalue weighted by Gasteiger charge is 2.37. The van der Waals surface area contributed by atoms with Crippen LogP contribution >= 0.6 is 0 Å². The predicted octanol–water partition coefficient (Wildman–Crippen LogP) is -0.105. The highest BCUT2D eigenvalue weighted by molar-refractivity contribution is 6.08. The summed E-state index contributed by atoms with van der Waals surface area (Å²) in [5.74, 6) is -2.00. The maximum absolute atomic E-state index is 12.9. The van der Waals surface area contributed by atoms with Crippen molar-refractivity contribution < 1.29 is 18.8 Å². The van der Waals surface area contributed by atoms with Gasteiger partial charge in [0.05, 0.1) is 12.0 Å². The number of carbonyl (C=O) groups is 3. The Bertz CT molecular complexity index is 573. The molecule has 7 heteroatoms. The number of likely N-dealkylation sites (tertiary alicyclic amines) is 1. The molecular formula is C12H12FN3O3. The monoisotopic (exact) mass is 265 g/mol. The number of likely N-dealkylation sites (N-methyl/N-ethyl adjacent to an activating group) is 1. The first-order chi connectivity index (χ1) is 8.90. The second-order valence-electron chi connectivity index (χ2n) is 4.25. The van der Waals surface area contributed by atoms with E-state index < -0.39 is 23.7 Å². The summed E-state index contributed by atoms with van der Waals surface area (Å²) in [4.78, 5) is 35.8. The van der Waals surface area contributed by atoms with E-state index in [0.29, 0.717) is 0 Å². The molecule has 1 unspecified atom stereocenters. The summed E-state index contributed by atoms with van der Waals surface area (Å²) in [7, 11) is 1.35. The Hall–Kier alpha value is -2.44. The van der Waals surface area contributed by atoms with Crippen molar-refractivity contribution in [1.82, 2.24) is 10.2 Å². The molecule has 100 valence electrons. The lowest BCUT2D eigenvalue weighted by molar-refractivity contribution is -0.137. The van der Waals surface area contributed by atoms with E-state index in [-0.39, 0.29) is 23.6 Å². The van der Waals surface area contributed by atoms with Gasteiger partial charge < -0.3 is 11.1 Å². The zero-order valence-corrected chi connectivity index (χ0v) is 10.1. The van der Waals surface area contributed by atoms with Crippen molar-refractivity contribution in [1.29, 1.82) is 0 Å². The van der Waals surface area contributed by atoms with Gasteiger partial charge in [0.15, 0.2) is 0 Å². The summed E-state index contributed by atoms with van der Waals surface area (Å²) >= 11 is 0. The first-order valence-electron chi connectivity index (χ1n) is 5.56. The van der Waals surface area contributed by atoms with Gasteiger partial charge in [0.2, 0.25) is 5.91 Å². The summed E-state index contributed by atoms with van der Waals surface area (Å²) in [6.45, 7) is 0. The highest BCUT2D eigenvalue weighted by Crippen LogP contribution is 2.15. The Morgan fingerprint density at radius 3 is 2.68 bits per heavy atom. The lowest BCUT2D eigenvalue weighted by Gasteiger charge is -2.12. The van der Waals surface area contributed by atoms with E-state index in [0.717, 1.165) is 17.0 Å². The minimum atomic E-state index is -0.894. The molecule has 0 spiro atoms. The lowest BCUT2D eigenvalue weighted by atomic mass is 10.1. The fourth-order valence-corrected chi connectivity index (χ4v) is 1.84. The molecule has 1 aliphatic heterocycles. The number of nitrogen functional groups attached to an aromatic ring is 1. The molecule has 3 amide bonds. The average Bonchev–Trinajstić information content (AvgIpc) is 2.57. The average molecular weight is 265 g/mol. The molecule has 1 fully saturated rings. The third kappa shape index (κ3) is 2.40. The van der Waals surface area contributed by atoms with Gasteiger partial charge in [-0.3, -0.25) is 19.3 Å². The molecule has 0 aromatic heterocycles.